The molecule has 2 unspecified atom stereocenters. The second kappa shape index (κ2) is 6.19. The molecular formula is C24H29NO2. The van der Waals surface area contributed by atoms with E-state index < -0.39 is 5.97 Å². The zero-order valence-electron chi connectivity index (χ0n) is 17.0. The number of hydrogen-bond acceptors (Lipinski definition) is 2. The molecule has 1 N–H and O–H groups in total. The topological polar surface area (TPSA) is 50.2 Å². The lowest BCUT2D eigenvalue weighted by Crippen LogP contribution is -2.23. The van der Waals surface area contributed by atoms with Crippen LogP contribution in [-0.2, 0) is 11.8 Å². The zero-order chi connectivity index (χ0) is 19.5. The van der Waals surface area contributed by atoms with Crippen LogP contribution in [0.1, 0.15) is 88.5 Å². The van der Waals surface area contributed by atoms with Crippen molar-refractivity contribution < 1.29 is 9.90 Å². The number of pyridine rings is 1. The standard InChI is InChI=1S/C24H29NO2/c1-13-6-8-19-17(5)22(16(4)15(3)21(19)14(13)2)24(10-11-24)20-9-7-18(12-25-20)23(26)27/h7,9,12-14H,6,8,10-11H2,1-5H3,(H,26,27). The fourth-order valence-corrected chi connectivity index (χ4v) is 5.38. The third-order valence-corrected chi connectivity index (χ3v) is 7.38. The number of aromatic carboxylic acids is 1. The fourth-order valence-electron chi connectivity index (χ4n) is 5.38. The molecule has 1 saturated carbocycles. The highest BCUT2D eigenvalue weighted by molar-refractivity contribution is 5.87. The van der Waals surface area contributed by atoms with E-state index in [1.807, 2.05) is 6.07 Å². The molecule has 142 valence electrons. The Morgan fingerprint density at radius 1 is 1.11 bits per heavy atom. The molecular weight excluding hydrogens is 334 g/mol. The Labute approximate surface area is 161 Å². The monoisotopic (exact) mass is 363 g/mol. The highest BCUT2D eigenvalue weighted by atomic mass is 16.4. The van der Waals surface area contributed by atoms with Gasteiger partial charge < -0.3 is 5.11 Å². The Kier molecular flexibility index (Phi) is 4.17. The average molecular weight is 364 g/mol. The first-order valence-corrected chi connectivity index (χ1v) is 10.1. The maximum atomic E-state index is 11.2. The van der Waals surface area contributed by atoms with Crippen molar-refractivity contribution in [1.29, 1.82) is 0 Å². The molecule has 0 radical (unpaired) electrons. The third-order valence-electron chi connectivity index (χ3n) is 7.38. The number of aromatic nitrogens is 1. The van der Waals surface area contributed by atoms with Gasteiger partial charge in [0, 0.05) is 11.6 Å². The summed E-state index contributed by atoms with van der Waals surface area (Å²) in [5.74, 6) is 0.434. The van der Waals surface area contributed by atoms with Crippen molar-refractivity contribution in [2.75, 3.05) is 0 Å². The molecule has 0 spiro atoms. The lowest BCUT2D eigenvalue weighted by Gasteiger charge is -2.35. The van der Waals surface area contributed by atoms with Crippen LogP contribution in [0.2, 0.25) is 0 Å². The molecule has 0 saturated heterocycles. The maximum absolute atomic E-state index is 11.2. The summed E-state index contributed by atoms with van der Waals surface area (Å²) in [7, 11) is 0. The van der Waals surface area contributed by atoms with Gasteiger partial charge in [0.1, 0.15) is 0 Å². The molecule has 2 aliphatic carbocycles. The summed E-state index contributed by atoms with van der Waals surface area (Å²) in [6, 6.07) is 3.62. The van der Waals surface area contributed by atoms with Gasteiger partial charge in [0.15, 0.2) is 0 Å². The van der Waals surface area contributed by atoms with Crippen LogP contribution in [0.25, 0.3) is 0 Å². The van der Waals surface area contributed by atoms with Gasteiger partial charge in [-0.15, -0.1) is 0 Å². The van der Waals surface area contributed by atoms with Crippen molar-refractivity contribution in [2.45, 2.75) is 71.6 Å². The third kappa shape index (κ3) is 2.62. The van der Waals surface area contributed by atoms with E-state index in [0.717, 1.165) is 24.5 Å². The summed E-state index contributed by atoms with van der Waals surface area (Å²) >= 11 is 0. The summed E-state index contributed by atoms with van der Waals surface area (Å²) in [4.78, 5) is 15.8. The van der Waals surface area contributed by atoms with Crippen LogP contribution in [0.15, 0.2) is 18.3 Å². The van der Waals surface area contributed by atoms with Crippen LogP contribution in [0.3, 0.4) is 0 Å². The number of fused-ring (bicyclic) bond motifs is 1. The first-order valence-electron chi connectivity index (χ1n) is 10.1. The van der Waals surface area contributed by atoms with Crippen LogP contribution in [0.5, 0.6) is 0 Å². The number of carboxylic acid groups (broad SMARTS) is 1. The summed E-state index contributed by atoms with van der Waals surface area (Å²) < 4.78 is 0. The van der Waals surface area contributed by atoms with E-state index >= 15 is 0 Å². The van der Waals surface area contributed by atoms with Crippen molar-refractivity contribution in [3.8, 4) is 0 Å². The Hall–Kier alpha value is -2.16. The van der Waals surface area contributed by atoms with Gasteiger partial charge in [0.2, 0.25) is 0 Å². The van der Waals surface area contributed by atoms with E-state index in [1.165, 1.54) is 41.3 Å². The molecule has 1 fully saturated rings. The Morgan fingerprint density at radius 3 is 2.37 bits per heavy atom. The summed E-state index contributed by atoms with van der Waals surface area (Å²) in [5.41, 5.74) is 10.2. The first kappa shape index (κ1) is 18.2. The van der Waals surface area contributed by atoms with E-state index in [1.54, 1.807) is 17.2 Å². The average Bonchev–Trinajstić information content (AvgIpc) is 3.44. The van der Waals surface area contributed by atoms with Crippen molar-refractivity contribution >= 4 is 5.97 Å². The number of hydrogen-bond donors (Lipinski definition) is 1. The number of benzene rings is 1. The number of carbonyl (C=O) groups is 1. The minimum atomic E-state index is -0.918. The molecule has 3 heteroatoms. The van der Waals surface area contributed by atoms with E-state index in [4.69, 9.17) is 0 Å². The zero-order valence-corrected chi connectivity index (χ0v) is 17.0. The Bertz CT molecular complexity index is 923. The molecule has 2 aliphatic rings. The second-order valence-corrected chi connectivity index (χ2v) is 8.77. The smallest absolute Gasteiger partial charge is 0.337 e. The van der Waals surface area contributed by atoms with Crippen molar-refractivity contribution in [3.05, 3.63) is 63.0 Å². The van der Waals surface area contributed by atoms with Crippen molar-refractivity contribution in [3.63, 3.8) is 0 Å². The van der Waals surface area contributed by atoms with Crippen LogP contribution >= 0.6 is 0 Å². The maximum Gasteiger partial charge on any atom is 0.337 e. The molecule has 2 atom stereocenters. The minimum Gasteiger partial charge on any atom is -0.478 e. The highest BCUT2D eigenvalue weighted by Crippen LogP contribution is 2.56. The van der Waals surface area contributed by atoms with Crippen LogP contribution in [-0.4, -0.2) is 16.1 Å². The van der Waals surface area contributed by atoms with Gasteiger partial charge in [-0.2, -0.15) is 0 Å². The van der Waals surface area contributed by atoms with Gasteiger partial charge in [-0.25, -0.2) is 4.79 Å². The van der Waals surface area contributed by atoms with E-state index in [0.29, 0.717) is 5.92 Å². The van der Waals surface area contributed by atoms with Gasteiger partial charge >= 0.3 is 5.97 Å². The molecule has 2 aromatic rings. The molecule has 1 heterocycles. The normalized spacial score (nSPS) is 23.0. The lowest BCUT2D eigenvalue weighted by molar-refractivity contribution is 0.0696. The van der Waals surface area contributed by atoms with Gasteiger partial charge in [0.25, 0.3) is 0 Å². The Morgan fingerprint density at radius 2 is 1.81 bits per heavy atom. The number of rotatable bonds is 3. The molecule has 0 bridgehead atoms. The molecule has 3 nitrogen and oxygen atoms in total. The predicted molar refractivity (Wildman–Crippen MR) is 108 cm³/mol. The van der Waals surface area contributed by atoms with Gasteiger partial charge in [-0.05, 0) is 104 Å². The Balaban J connectivity index is 1.87. The first-order chi connectivity index (χ1) is 12.8. The van der Waals surface area contributed by atoms with Gasteiger partial charge in [0.05, 0.1) is 11.3 Å². The summed E-state index contributed by atoms with van der Waals surface area (Å²) in [5, 5.41) is 9.17. The molecule has 0 aliphatic heterocycles. The van der Waals surface area contributed by atoms with Crippen molar-refractivity contribution in [2.24, 2.45) is 5.92 Å². The fraction of sp³-hybridized carbons (Fsp3) is 0.500. The molecule has 1 aromatic heterocycles. The summed E-state index contributed by atoms with van der Waals surface area (Å²) in [6.45, 7) is 11.6. The highest BCUT2D eigenvalue weighted by Gasteiger charge is 2.50. The van der Waals surface area contributed by atoms with E-state index in [2.05, 4.69) is 39.6 Å². The number of carboxylic acids is 1. The predicted octanol–water partition coefficient (Wildman–Crippen LogP) is 5.47. The minimum absolute atomic E-state index is 0.0305. The van der Waals surface area contributed by atoms with Crippen LogP contribution in [0.4, 0.5) is 0 Å². The quantitative estimate of drug-likeness (QED) is 0.786. The molecule has 0 amide bonds. The second-order valence-electron chi connectivity index (χ2n) is 8.77. The molecule has 27 heavy (non-hydrogen) atoms. The number of nitrogens with zero attached hydrogens (tertiary/aromatic N) is 1. The molecule has 4 rings (SSSR count). The largest absolute Gasteiger partial charge is 0.478 e. The molecule has 1 aromatic carbocycles. The lowest BCUT2D eigenvalue weighted by atomic mass is 9.70. The van der Waals surface area contributed by atoms with E-state index in [-0.39, 0.29) is 11.0 Å². The van der Waals surface area contributed by atoms with Gasteiger partial charge in [-0.3, -0.25) is 4.98 Å². The SMILES string of the molecule is Cc1c(C)c(C2(c3ccc(C(=O)O)cn3)CC2)c(C)c2c1C(C)C(C)CC2. The van der Waals surface area contributed by atoms with Crippen molar-refractivity contribution in [1.82, 2.24) is 4.98 Å². The van der Waals surface area contributed by atoms with Crippen LogP contribution in [0, 0.1) is 26.7 Å². The summed E-state index contributed by atoms with van der Waals surface area (Å²) in [6.07, 6.45) is 6.13. The van der Waals surface area contributed by atoms with Gasteiger partial charge in [-0.1, -0.05) is 13.8 Å². The van der Waals surface area contributed by atoms with Crippen LogP contribution < -0.4 is 0 Å². The van der Waals surface area contributed by atoms with E-state index in [9.17, 15) is 9.90 Å².